The summed E-state index contributed by atoms with van der Waals surface area (Å²) in [5.74, 6) is -1.54. The van der Waals surface area contributed by atoms with Gasteiger partial charge in [-0.2, -0.15) is 0 Å². The average Bonchev–Trinajstić information content (AvgIpc) is 3.11. The largest absolute Gasteiger partial charge is 0.354 e. The second-order valence-corrected chi connectivity index (χ2v) is 12.0. The number of nitrogens with zero attached hydrogens (tertiary/aromatic N) is 2. The van der Waals surface area contributed by atoms with Gasteiger partial charge < -0.3 is 10.2 Å². The van der Waals surface area contributed by atoms with E-state index < -0.39 is 34.4 Å². The summed E-state index contributed by atoms with van der Waals surface area (Å²) in [6.45, 7) is 5.69. The fraction of sp³-hybridized carbons (Fsp3) is 0.300. The molecule has 3 amide bonds. The number of benzene rings is 3. The van der Waals surface area contributed by atoms with Crippen molar-refractivity contribution in [1.29, 1.82) is 0 Å². The molecule has 0 fully saturated rings. The molecule has 0 saturated carbocycles. The Kier molecular flexibility index (Phi) is 8.50. The Bertz CT molecular complexity index is 1450. The first kappa shape index (κ1) is 28.0. The molecule has 1 aliphatic heterocycles. The zero-order chi connectivity index (χ0) is 28.2. The highest BCUT2D eigenvalue weighted by Crippen LogP contribution is 2.30. The summed E-state index contributed by atoms with van der Waals surface area (Å²) < 4.78 is 27.0. The van der Waals surface area contributed by atoms with E-state index in [0.717, 1.165) is 16.7 Å². The number of hydrogen-bond acceptors (Lipinski definition) is 5. The van der Waals surface area contributed by atoms with Gasteiger partial charge in [-0.1, -0.05) is 86.1 Å². The van der Waals surface area contributed by atoms with E-state index in [2.05, 4.69) is 5.32 Å². The number of fused-ring (bicyclic) bond motifs is 1. The van der Waals surface area contributed by atoms with Crippen LogP contribution in [-0.2, 0) is 32.6 Å². The molecule has 0 aromatic heterocycles. The van der Waals surface area contributed by atoms with Gasteiger partial charge in [-0.3, -0.25) is 14.4 Å². The summed E-state index contributed by atoms with van der Waals surface area (Å²) in [6, 6.07) is 21.9. The van der Waals surface area contributed by atoms with Gasteiger partial charge >= 0.3 is 0 Å². The van der Waals surface area contributed by atoms with Crippen LogP contribution >= 0.6 is 0 Å². The molecule has 0 aliphatic carbocycles. The van der Waals surface area contributed by atoms with Crippen LogP contribution in [0.1, 0.15) is 40.9 Å². The molecular weight excluding hydrogens is 514 g/mol. The lowest BCUT2D eigenvalue weighted by Crippen LogP contribution is -2.53. The molecular formula is C30H33N3O5S. The second kappa shape index (κ2) is 11.8. The minimum atomic E-state index is -4.19. The Morgan fingerprint density at radius 3 is 2.18 bits per heavy atom. The van der Waals surface area contributed by atoms with Crippen LogP contribution in [0.3, 0.4) is 0 Å². The summed E-state index contributed by atoms with van der Waals surface area (Å²) in [6.07, 6.45) is 0.225. The maximum Gasteiger partial charge on any atom is 0.269 e. The molecule has 3 aromatic carbocycles. The van der Waals surface area contributed by atoms with Gasteiger partial charge in [-0.25, -0.2) is 12.7 Å². The van der Waals surface area contributed by atoms with Gasteiger partial charge in [0.05, 0.1) is 5.56 Å². The minimum absolute atomic E-state index is 0.0332. The van der Waals surface area contributed by atoms with E-state index in [1.165, 1.54) is 23.1 Å². The fourth-order valence-electron chi connectivity index (χ4n) is 4.47. The number of rotatable bonds is 10. The van der Waals surface area contributed by atoms with Crippen LogP contribution in [0.5, 0.6) is 0 Å². The Hall–Kier alpha value is -3.98. The van der Waals surface area contributed by atoms with E-state index in [1.54, 1.807) is 6.07 Å². The van der Waals surface area contributed by atoms with Gasteiger partial charge in [0, 0.05) is 19.5 Å². The third-order valence-electron chi connectivity index (χ3n) is 6.62. The highest BCUT2D eigenvalue weighted by molar-refractivity contribution is 7.90. The van der Waals surface area contributed by atoms with Crippen molar-refractivity contribution in [3.63, 3.8) is 0 Å². The number of carbonyl (C=O) groups excluding carboxylic acids is 3. The molecule has 0 radical (unpaired) electrons. The van der Waals surface area contributed by atoms with Gasteiger partial charge in [0.25, 0.3) is 15.9 Å². The van der Waals surface area contributed by atoms with Crippen molar-refractivity contribution in [2.45, 2.75) is 44.7 Å². The predicted molar refractivity (Wildman–Crippen MR) is 148 cm³/mol. The lowest BCUT2D eigenvalue weighted by molar-refractivity contribution is -0.141. The van der Waals surface area contributed by atoms with Crippen molar-refractivity contribution in [1.82, 2.24) is 14.5 Å². The van der Waals surface area contributed by atoms with E-state index in [0.29, 0.717) is 10.8 Å². The quantitative estimate of drug-likeness (QED) is 0.418. The molecule has 9 heteroatoms. The Balaban J connectivity index is 1.70. The fourth-order valence-corrected chi connectivity index (χ4v) is 5.99. The summed E-state index contributed by atoms with van der Waals surface area (Å²) in [5.41, 5.74) is 2.70. The van der Waals surface area contributed by atoms with Crippen LogP contribution in [0.15, 0.2) is 83.8 Å². The SMILES string of the molecule is Cc1ccc(CN(C(=O)CN2C(=O)c3ccccc3S2(=O)=O)[C@H](Cc2ccccc2)C(=O)NCC(C)C)cc1. The Labute approximate surface area is 229 Å². The van der Waals surface area contributed by atoms with E-state index in [1.807, 2.05) is 75.4 Å². The molecule has 1 atom stereocenters. The zero-order valence-corrected chi connectivity index (χ0v) is 23.1. The lowest BCUT2D eigenvalue weighted by atomic mass is 10.0. The Morgan fingerprint density at radius 1 is 0.897 bits per heavy atom. The predicted octanol–water partition coefficient (Wildman–Crippen LogP) is 3.55. The van der Waals surface area contributed by atoms with Crippen molar-refractivity contribution in [3.05, 3.63) is 101 Å². The number of hydrogen-bond donors (Lipinski definition) is 1. The van der Waals surface area contributed by atoms with Gasteiger partial charge in [-0.05, 0) is 36.1 Å². The third-order valence-corrected chi connectivity index (χ3v) is 8.41. The highest BCUT2D eigenvalue weighted by atomic mass is 32.2. The topological polar surface area (TPSA) is 104 Å². The number of nitrogens with one attached hydrogen (secondary N) is 1. The van der Waals surface area contributed by atoms with Crippen molar-refractivity contribution in [3.8, 4) is 0 Å². The Morgan fingerprint density at radius 2 is 1.54 bits per heavy atom. The summed E-state index contributed by atoms with van der Waals surface area (Å²) in [5, 5.41) is 2.93. The zero-order valence-electron chi connectivity index (χ0n) is 22.3. The third kappa shape index (κ3) is 6.37. The van der Waals surface area contributed by atoms with Crippen LogP contribution in [0.2, 0.25) is 0 Å². The van der Waals surface area contributed by atoms with E-state index in [9.17, 15) is 22.8 Å². The highest BCUT2D eigenvalue weighted by Gasteiger charge is 2.43. The van der Waals surface area contributed by atoms with Crippen molar-refractivity contribution < 1.29 is 22.8 Å². The van der Waals surface area contributed by atoms with Gasteiger partial charge in [0.15, 0.2) is 0 Å². The van der Waals surface area contributed by atoms with Crippen LogP contribution in [0, 0.1) is 12.8 Å². The molecule has 204 valence electrons. The van der Waals surface area contributed by atoms with Crippen LogP contribution < -0.4 is 5.32 Å². The number of aryl methyl sites for hydroxylation is 1. The van der Waals surface area contributed by atoms with Crippen molar-refractivity contribution >= 4 is 27.7 Å². The summed E-state index contributed by atoms with van der Waals surface area (Å²) >= 11 is 0. The van der Waals surface area contributed by atoms with Crippen LogP contribution in [0.25, 0.3) is 0 Å². The molecule has 3 aromatic rings. The van der Waals surface area contributed by atoms with Crippen molar-refractivity contribution in [2.24, 2.45) is 5.92 Å². The van der Waals surface area contributed by atoms with Crippen molar-refractivity contribution in [2.75, 3.05) is 13.1 Å². The van der Waals surface area contributed by atoms with E-state index >= 15 is 0 Å². The molecule has 0 unspecified atom stereocenters. The molecule has 4 rings (SSSR count). The first-order valence-electron chi connectivity index (χ1n) is 12.9. The maximum absolute atomic E-state index is 13.9. The van der Waals surface area contributed by atoms with Gasteiger partial charge in [0.2, 0.25) is 11.8 Å². The first-order valence-corrected chi connectivity index (χ1v) is 14.3. The molecule has 0 spiro atoms. The summed E-state index contributed by atoms with van der Waals surface area (Å²) in [7, 11) is -4.19. The van der Waals surface area contributed by atoms with Gasteiger partial charge in [-0.15, -0.1) is 0 Å². The van der Waals surface area contributed by atoms with E-state index in [-0.39, 0.29) is 35.2 Å². The molecule has 39 heavy (non-hydrogen) atoms. The molecule has 1 heterocycles. The smallest absolute Gasteiger partial charge is 0.269 e. The molecule has 1 N–H and O–H groups in total. The maximum atomic E-state index is 13.9. The van der Waals surface area contributed by atoms with E-state index in [4.69, 9.17) is 0 Å². The molecule has 8 nitrogen and oxygen atoms in total. The van der Waals surface area contributed by atoms with Crippen LogP contribution in [-0.4, -0.2) is 54.5 Å². The monoisotopic (exact) mass is 547 g/mol. The minimum Gasteiger partial charge on any atom is -0.354 e. The van der Waals surface area contributed by atoms with Gasteiger partial charge in [0.1, 0.15) is 17.5 Å². The average molecular weight is 548 g/mol. The molecule has 0 bridgehead atoms. The summed E-state index contributed by atoms with van der Waals surface area (Å²) in [4.78, 5) is 41.8. The molecule has 0 saturated heterocycles. The van der Waals surface area contributed by atoms with Crippen LogP contribution in [0.4, 0.5) is 0 Å². The number of carbonyl (C=O) groups is 3. The molecule has 1 aliphatic rings. The number of sulfonamides is 1. The second-order valence-electron chi connectivity index (χ2n) is 10.2. The number of amides is 3. The standard InChI is InChI=1S/C30H33N3O5S/c1-21(2)18-31-29(35)26(17-23-9-5-4-6-10-23)32(19-24-15-13-22(3)14-16-24)28(34)20-33-30(36)25-11-7-8-12-27(25)39(33,37)38/h4-16,21,26H,17-20H2,1-3H3,(H,31,35)/t26-/m1/s1. The normalized spacial score (nSPS) is 14.7. The lowest BCUT2D eigenvalue weighted by Gasteiger charge is -2.32. The first-order chi connectivity index (χ1) is 18.6.